The molecule has 138 valence electrons. The lowest BCUT2D eigenvalue weighted by molar-refractivity contribution is -0.133. The van der Waals surface area contributed by atoms with Crippen LogP contribution in [0, 0.1) is 5.92 Å². The Morgan fingerprint density at radius 3 is 2.27 bits per heavy atom. The predicted octanol–water partition coefficient (Wildman–Crippen LogP) is 4.14. The molecular formula is C20H24ClN3O2. The van der Waals surface area contributed by atoms with Crippen LogP contribution in [-0.2, 0) is 11.3 Å². The van der Waals surface area contributed by atoms with E-state index in [9.17, 15) is 9.59 Å². The molecule has 0 heterocycles. The number of likely N-dealkylation sites (N-methyl/N-ethyl adjacent to an activating group) is 1. The maximum atomic E-state index is 12.8. The Kier molecular flexibility index (Phi) is 7.04. The minimum Gasteiger partial charge on any atom is -0.340 e. The van der Waals surface area contributed by atoms with Crippen LogP contribution < -0.4 is 10.6 Å². The van der Waals surface area contributed by atoms with Gasteiger partial charge >= 0.3 is 6.03 Å². The van der Waals surface area contributed by atoms with Crippen LogP contribution in [0.2, 0.25) is 5.02 Å². The summed E-state index contributed by atoms with van der Waals surface area (Å²) in [6.45, 7) is 4.17. The number of hydrogen-bond donors (Lipinski definition) is 2. The van der Waals surface area contributed by atoms with Gasteiger partial charge in [0.25, 0.3) is 0 Å². The average molecular weight is 374 g/mol. The van der Waals surface area contributed by atoms with Gasteiger partial charge in [0.1, 0.15) is 6.04 Å². The first-order chi connectivity index (χ1) is 12.4. The molecule has 0 fully saturated rings. The zero-order valence-corrected chi connectivity index (χ0v) is 16.0. The SMILES string of the molecule is CC(C)C(NC(=O)Nc1ccccc1)C(=O)N(C)Cc1ccccc1Cl. The average Bonchev–Trinajstić information content (AvgIpc) is 2.61. The first kappa shape index (κ1) is 19.8. The molecule has 1 atom stereocenters. The lowest BCUT2D eigenvalue weighted by atomic mass is 10.0. The number of anilines is 1. The van der Waals surface area contributed by atoms with Crippen molar-refractivity contribution in [2.45, 2.75) is 26.4 Å². The van der Waals surface area contributed by atoms with E-state index in [1.165, 1.54) is 0 Å². The van der Waals surface area contributed by atoms with Gasteiger partial charge in [-0.1, -0.05) is 61.8 Å². The van der Waals surface area contributed by atoms with Crippen molar-refractivity contribution in [2.24, 2.45) is 5.92 Å². The smallest absolute Gasteiger partial charge is 0.319 e. The third-order valence-corrected chi connectivity index (χ3v) is 4.36. The van der Waals surface area contributed by atoms with Crippen molar-refractivity contribution in [1.29, 1.82) is 0 Å². The summed E-state index contributed by atoms with van der Waals surface area (Å²) in [5, 5.41) is 6.12. The molecule has 2 aromatic rings. The van der Waals surface area contributed by atoms with E-state index < -0.39 is 12.1 Å². The Morgan fingerprint density at radius 1 is 1.04 bits per heavy atom. The first-order valence-corrected chi connectivity index (χ1v) is 8.87. The molecule has 0 saturated heterocycles. The lowest BCUT2D eigenvalue weighted by Gasteiger charge is -2.27. The predicted molar refractivity (Wildman–Crippen MR) is 105 cm³/mol. The van der Waals surface area contributed by atoms with Gasteiger partial charge < -0.3 is 15.5 Å². The van der Waals surface area contributed by atoms with Gasteiger partial charge in [0.2, 0.25) is 5.91 Å². The Labute approximate surface area is 159 Å². The van der Waals surface area contributed by atoms with Crippen molar-refractivity contribution in [2.75, 3.05) is 12.4 Å². The fourth-order valence-corrected chi connectivity index (χ4v) is 2.74. The third-order valence-electron chi connectivity index (χ3n) is 3.99. The fraction of sp³-hybridized carbons (Fsp3) is 0.300. The number of para-hydroxylation sites is 1. The second kappa shape index (κ2) is 9.25. The van der Waals surface area contributed by atoms with Crippen molar-refractivity contribution < 1.29 is 9.59 Å². The van der Waals surface area contributed by atoms with Crippen LogP contribution in [0.4, 0.5) is 10.5 Å². The number of benzene rings is 2. The molecule has 26 heavy (non-hydrogen) atoms. The lowest BCUT2D eigenvalue weighted by Crippen LogP contribution is -2.51. The van der Waals surface area contributed by atoms with Gasteiger partial charge in [0.15, 0.2) is 0 Å². The highest BCUT2D eigenvalue weighted by atomic mass is 35.5. The standard InChI is InChI=1S/C20H24ClN3O2/c1-14(2)18(23-20(26)22-16-10-5-4-6-11-16)19(25)24(3)13-15-9-7-8-12-17(15)21/h4-12,14,18H,13H2,1-3H3,(H2,22,23,26). The molecule has 0 aliphatic carbocycles. The number of rotatable bonds is 6. The van der Waals surface area contributed by atoms with Gasteiger partial charge in [0.05, 0.1) is 0 Å². The number of hydrogen-bond acceptors (Lipinski definition) is 2. The van der Waals surface area contributed by atoms with E-state index in [0.717, 1.165) is 5.56 Å². The van der Waals surface area contributed by atoms with Crippen LogP contribution in [0.15, 0.2) is 54.6 Å². The third kappa shape index (κ3) is 5.49. The van der Waals surface area contributed by atoms with E-state index in [2.05, 4.69) is 10.6 Å². The number of nitrogens with zero attached hydrogens (tertiary/aromatic N) is 1. The van der Waals surface area contributed by atoms with Gasteiger partial charge in [-0.05, 0) is 29.7 Å². The van der Waals surface area contributed by atoms with Crippen molar-refractivity contribution >= 4 is 29.2 Å². The van der Waals surface area contributed by atoms with E-state index in [1.54, 1.807) is 30.1 Å². The quantitative estimate of drug-likeness (QED) is 0.799. The van der Waals surface area contributed by atoms with Crippen molar-refractivity contribution in [3.05, 3.63) is 65.2 Å². The summed E-state index contributed by atoms with van der Waals surface area (Å²) in [5.74, 6) is -0.221. The van der Waals surface area contributed by atoms with Gasteiger partial charge in [-0.2, -0.15) is 0 Å². The highest BCUT2D eigenvalue weighted by Crippen LogP contribution is 2.17. The van der Waals surface area contributed by atoms with Crippen LogP contribution >= 0.6 is 11.6 Å². The van der Waals surface area contributed by atoms with Crippen LogP contribution in [0.5, 0.6) is 0 Å². The van der Waals surface area contributed by atoms with Gasteiger partial charge in [-0.15, -0.1) is 0 Å². The largest absolute Gasteiger partial charge is 0.340 e. The number of nitrogens with one attached hydrogen (secondary N) is 2. The van der Waals surface area contributed by atoms with Crippen molar-refractivity contribution in [3.8, 4) is 0 Å². The van der Waals surface area contributed by atoms with Crippen LogP contribution in [0.1, 0.15) is 19.4 Å². The highest BCUT2D eigenvalue weighted by Gasteiger charge is 2.27. The molecule has 0 spiro atoms. The molecule has 0 aliphatic rings. The molecule has 1 unspecified atom stereocenters. The number of urea groups is 1. The summed E-state index contributed by atoms with van der Waals surface area (Å²) < 4.78 is 0. The second-order valence-electron chi connectivity index (χ2n) is 6.47. The van der Waals surface area contributed by atoms with E-state index in [1.807, 2.05) is 50.2 Å². The van der Waals surface area contributed by atoms with E-state index in [-0.39, 0.29) is 11.8 Å². The Balaban J connectivity index is 2.02. The topological polar surface area (TPSA) is 61.4 Å². The zero-order valence-electron chi connectivity index (χ0n) is 15.2. The summed E-state index contributed by atoms with van der Waals surface area (Å²) in [6, 6.07) is 15.5. The zero-order chi connectivity index (χ0) is 19.1. The second-order valence-corrected chi connectivity index (χ2v) is 6.88. The van der Waals surface area contributed by atoms with Crippen LogP contribution in [0.25, 0.3) is 0 Å². The number of amides is 3. The highest BCUT2D eigenvalue weighted by molar-refractivity contribution is 6.31. The number of halogens is 1. The van der Waals surface area contributed by atoms with Crippen molar-refractivity contribution in [3.63, 3.8) is 0 Å². The number of carbonyl (C=O) groups is 2. The minimum atomic E-state index is -0.633. The summed E-state index contributed by atoms with van der Waals surface area (Å²) in [5.41, 5.74) is 1.53. The molecule has 2 aromatic carbocycles. The van der Waals surface area contributed by atoms with E-state index in [4.69, 9.17) is 11.6 Å². The molecule has 0 bridgehead atoms. The van der Waals surface area contributed by atoms with Gasteiger partial charge in [-0.3, -0.25) is 4.79 Å². The van der Waals surface area contributed by atoms with E-state index in [0.29, 0.717) is 17.3 Å². The maximum absolute atomic E-state index is 12.8. The molecule has 0 saturated carbocycles. The Morgan fingerprint density at radius 2 is 1.65 bits per heavy atom. The summed E-state index contributed by atoms with van der Waals surface area (Å²) in [4.78, 5) is 26.7. The van der Waals surface area contributed by atoms with E-state index >= 15 is 0 Å². The molecule has 0 aliphatic heterocycles. The normalized spacial score (nSPS) is 11.7. The monoisotopic (exact) mass is 373 g/mol. The summed E-state index contributed by atoms with van der Waals surface area (Å²) >= 11 is 6.17. The molecule has 0 radical (unpaired) electrons. The Hall–Kier alpha value is -2.53. The molecule has 6 heteroatoms. The molecule has 2 N–H and O–H groups in total. The van der Waals surface area contributed by atoms with Gasteiger partial charge in [-0.25, -0.2) is 4.79 Å². The maximum Gasteiger partial charge on any atom is 0.319 e. The first-order valence-electron chi connectivity index (χ1n) is 8.49. The summed E-state index contributed by atoms with van der Waals surface area (Å²) in [7, 11) is 1.71. The number of carbonyl (C=O) groups excluding carboxylic acids is 2. The molecule has 2 rings (SSSR count). The van der Waals surface area contributed by atoms with Crippen LogP contribution in [-0.4, -0.2) is 29.9 Å². The fourth-order valence-electron chi connectivity index (χ4n) is 2.54. The molecule has 0 aromatic heterocycles. The molecular weight excluding hydrogens is 350 g/mol. The minimum absolute atomic E-state index is 0.0577. The van der Waals surface area contributed by atoms with Gasteiger partial charge in [0, 0.05) is 24.3 Å². The Bertz CT molecular complexity index is 750. The van der Waals surface area contributed by atoms with Crippen molar-refractivity contribution in [1.82, 2.24) is 10.2 Å². The summed E-state index contributed by atoms with van der Waals surface area (Å²) in [6.07, 6.45) is 0. The van der Waals surface area contributed by atoms with Crippen LogP contribution in [0.3, 0.4) is 0 Å². The molecule has 3 amide bonds. The molecule has 5 nitrogen and oxygen atoms in total.